The van der Waals surface area contributed by atoms with Crippen LogP contribution in [0.4, 0.5) is 0 Å². The Bertz CT molecular complexity index is 561. The molecule has 0 saturated heterocycles. The Morgan fingerprint density at radius 2 is 2.05 bits per heavy atom. The summed E-state index contributed by atoms with van der Waals surface area (Å²) in [7, 11) is 3.65. The van der Waals surface area contributed by atoms with Crippen LogP contribution in [0.5, 0.6) is 5.75 Å². The Kier molecular flexibility index (Phi) is 4.22. The van der Waals surface area contributed by atoms with Gasteiger partial charge in [0.2, 0.25) is 0 Å². The first-order valence-electron chi connectivity index (χ1n) is 6.43. The molecule has 102 valence electrons. The third-order valence-electron chi connectivity index (χ3n) is 3.22. The van der Waals surface area contributed by atoms with E-state index in [2.05, 4.69) is 35.7 Å². The van der Waals surface area contributed by atoms with Crippen LogP contribution in [-0.4, -0.2) is 16.9 Å². The second-order valence-electron chi connectivity index (χ2n) is 4.82. The number of hydrogen-bond donors (Lipinski definition) is 1. The van der Waals surface area contributed by atoms with Crippen molar-refractivity contribution in [3.8, 4) is 5.75 Å². The van der Waals surface area contributed by atoms with Gasteiger partial charge in [0.15, 0.2) is 0 Å². The second kappa shape index (κ2) is 5.89. The first-order chi connectivity index (χ1) is 9.10. The van der Waals surface area contributed by atoms with E-state index in [9.17, 15) is 0 Å². The van der Waals surface area contributed by atoms with Crippen LogP contribution in [-0.2, 0) is 20.1 Å². The van der Waals surface area contributed by atoms with Crippen molar-refractivity contribution in [3.63, 3.8) is 0 Å². The van der Waals surface area contributed by atoms with E-state index in [0.717, 1.165) is 24.5 Å². The van der Waals surface area contributed by atoms with Gasteiger partial charge in [0.05, 0.1) is 12.8 Å². The average Bonchev–Trinajstić information content (AvgIpc) is 2.68. The minimum atomic E-state index is 0.838. The lowest BCUT2D eigenvalue weighted by atomic mass is 10.1. The number of benzene rings is 1. The van der Waals surface area contributed by atoms with Crippen molar-refractivity contribution in [3.05, 3.63) is 46.8 Å². The van der Waals surface area contributed by atoms with E-state index in [1.54, 1.807) is 7.11 Å². The van der Waals surface area contributed by atoms with Crippen LogP contribution in [0.2, 0.25) is 0 Å². The molecule has 0 amide bonds. The second-order valence-corrected chi connectivity index (χ2v) is 4.82. The van der Waals surface area contributed by atoms with Gasteiger partial charge in [-0.05, 0) is 31.0 Å². The fraction of sp³-hybridized carbons (Fsp3) is 0.400. The van der Waals surface area contributed by atoms with Gasteiger partial charge in [-0.15, -0.1) is 0 Å². The maximum atomic E-state index is 5.26. The zero-order valence-electron chi connectivity index (χ0n) is 12.0. The largest absolute Gasteiger partial charge is 0.496 e. The number of aryl methyl sites for hydroxylation is 3. The molecule has 0 unspecified atom stereocenters. The van der Waals surface area contributed by atoms with E-state index >= 15 is 0 Å². The van der Waals surface area contributed by atoms with Crippen molar-refractivity contribution < 1.29 is 4.74 Å². The van der Waals surface area contributed by atoms with Crippen molar-refractivity contribution in [2.24, 2.45) is 7.05 Å². The minimum absolute atomic E-state index is 0.838. The fourth-order valence-corrected chi connectivity index (χ4v) is 2.21. The number of hydrogen-bond acceptors (Lipinski definition) is 3. The molecular formula is C15H21N3O. The van der Waals surface area contributed by atoms with Crippen molar-refractivity contribution in [2.75, 3.05) is 7.11 Å². The summed E-state index contributed by atoms with van der Waals surface area (Å²) in [4.78, 5) is 0. The number of methoxy groups -OCH3 is 1. The summed E-state index contributed by atoms with van der Waals surface area (Å²) in [5, 5.41) is 7.78. The summed E-state index contributed by atoms with van der Waals surface area (Å²) >= 11 is 0. The molecule has 1 aromatic carbocycles. The summed E-state index contributed by atoms with van der Waals surface area (Å²) in [6.07, 6.45) is 2.06. The van der Waals surface area contributed by atoms with Gasteiger partial charge in [0.1, 0.15) is 5.75 Å². The summed E-state index contributed by atoms with van der Waals surface area (Å²) in [6.45, 7) is 5.78. The SMILES string of the molecule is COc1ccc(CNCc2cn(C)nc2C)cc1C. The van der Waals surface area contributed by atoms with Crippen LogP contribution in [0.15, 0.2) is 24.4 Å². The van der Waals surface area contributed by atoms with Gasteiger partial charge in [-0.1, -0.05) is 12.1 Å². The normalized spacial score (nSPS) is 10.7. The highest BCUT2D eigenvalue weighted by Gasteiger charge is 2.03. The Hall–Kier alpha value is -1.81. The highest BCUT2D eigenvalue weighted by molar-refractivity contribution is 5.36. The van der Waals surface area contributed by atoms with E-state index < -0.39 is 0 Å². The topological polar surface area (TPSA) is 39.1 Å². The van der Waals surface area contributed by atoms with Crippen LogP contribution in [0.25, 0.3) is 0 Å². The van der Waals surface area contributed by atoms with E-state index in [1.165, 1.54) is 16.7 Å². The Morgan fingerprint density at radius 3 is 2.63 bits per heavy atom. The molecule has 0 aliphatic heterocycles. The van der Waals surface area contributed by atoms with Crippen LogP contribution < -0.4 is 10.1 Å². The molecular weight excluding hydrogens is 238 g/mol. The molecule has 2 aromatic rings. The molecule has 4 heteroatoms. The first-order valence-corrected chi connectivity index (χ1v) is 6.43. The molecule has 1 N–H and O–H groups in total. The molecule has 1 aromatic heterocycles. The molecule has 1 heterocycles. The maximum Gasteiger partial charge on any atom is 0.121 e. The third-order valence-corrected chi connectivity index (χ3v) is 3.22. The highest BCUT2D eigenvalue weighted by atomic mass is 16.5. The van der Waals surface area contributed by atoms with Gasteiger partial charge in [-0.2, -0.15) is 5.10 Å². The molecule has 0 aliphatic carbocycles. The number of aromatic nitrogens is 2. The van der Waals surface area contributed by atoms with Gasteiger partial charge < -0.3 is 10.1 Å². The molecule has 0 saturated carbocycles. The highest BCUT2D eigenvalue weighted by Crippen LogP contribution is 2.18. The van der Waals surface area contributed by atoms with Crippen LogP contribution >= 0.6 is 0 Å². The fourth-order valence-electron chi connectivity index (χ4n) is 2.21. The van der Waals surface area contributed by atoms with Crippen molar-refractivity contribution in [1.29, 1.82) is 0 Å². The minimum Gasteiger partial charge on any atom is -0.496 e. The lowest BCUT2D eigenvalue weighted by molar-refractivity contribution is 0.411. The van der Waals surface area contributed by atoms with E-state index in [-0.39, 0.29) is 0 Å². The van der Waals surface area contributed by atoms with E-state index in [1.807, 2.05) is 24.7 Å². The van der Waals surface area contributed by atoms with Crippen molar-refractivity contribution in [2.45, 2.75) is 26.9 Å². The van der Waals surface area contributed by atoms with Gasteiger partial charge in [0, 0.05) is 31.9 Å². The summed E-state index contributed by atoms with van der Waals surface area (Å²) in [5.41, 5.74) is 4.76. The first kappa shape index (κ1) is 13.6. The molecule has 4 nitrogen and oxygen atoms in total. The lowest BCUT2D eigenvalue weighted by Gasteiger charge is -2.08. The maximum absolute atomic E-state index is 5.26. The number of nitrogens with one attached hydrogen (secondary N) is 1. The third kappa shape index (κ3) is 3.35. The molecule has 0 spiro atoms. The Morgan fingerprint density at radius 1 is 1.26 bits per heavy atom. The lowest BCUT2D eigenvalue weighted by Crippen LogP contribution is -2.13. The summed E-state index contributed by atoms with van der Waals surface area (Å²) < 4.78 is 7.11. The molecule has 0 fully saturated rings. The van der Waals surface area contributed by atoms with Gasteiger partial charge in [-0.25, -0.2) is 0 Å². The summed E-state index contributed by atoms with van der Waals surface area (Å²) in [6, 6.07) is 6.26. The van der Waals surface area contributed by atoms with E-state index in [4.69, 9.17) is 4.74 Å². The predicted molar refractivity (Wildman–Crippen MR) is 76.2 cm³/mol. The Labute approximate surface area is 114 Å². The Balaban J connectivity index is 1.92. The smallest absolute Gasteiger partial charge is 0.121 e. The quantitative estimate of drug-likeness (QED) is 0.895. The van der Waals surface area contributed by atoms with Crippen LogP contribution in [0.3, 0.4) is 0 Å². The monoisotopic (exact) mass is 259 g/mol. The zero-order valence-corrected chi connectivity index (χ0v) is 12.0. The molecule has 0 bridgehead atoms. The van der Waals surface area contributed by atoms with Gasteiger partial charge in [0.25, 0.3) is 0 Å². The molecule has 0 aliphatic rings. The number of nitrogens with zero attached hydrogens (tertiary/aromatic N) is 2. The molecule has 0 radical (unpaired) electrons. The number of rotatable bonds is 5. The van der Waals surface area contributed by atoms with Gasteiger partial charge in [-0.3, -0.25) is 4.68 Å². The van der Waals surface area contributed by atoms with Gasteiger partial charge >= 0.3 is 0 Å². The van der Waals surface area contributed by atoms with Crippen LogP contribution in [0.1, 0.15) is 22.4 Å². The zero-order chi connectivity index (χ0) is 13.8. The number of ether oxygens (including phenoxy) is 1. The summed E-state index contributed by atoms with van der Waals surface area (Å²) in [5.74, 6) is 0.937. The molecule has 19 heavy (non-hydrogen) atoms. The molecule has 0 atom stereocenters. The predicted octanol–water partition coefficient (Wildman–Crippen LogP) is 2.34. The van der Waals surface area contributed by atoms with Crippen molar-refractivity contribution >= 4 is 0 Å². The standard InChI is InChI=1S/C15H21N3O/c1-11-7-13(5-6-15(11)19-4)8-16-9-14-10-18(3)17-12(14)2/h5-7,10,16H,8-9H2,1-4H3. The van der Waals surface area contributed by atoms with Crippen LogP contribution in [0, 0.1) is 13.8 Å². The van der Waals surface area contributed by atoms with Crippen molar-refractivity contribution in [1.82, 2.24) is 15.1 Å². The molecule has 2 rings (SSSR count). The average molecular weight is 259 g/mol. The van der Waals surface area contributed by atoms with E-state index in [0.29, 0.717) is 0 Å².